The van der Waals surface area contributed by atoms with Crippen molar-refractivity contribution in [3.05, 3.63) is 48.8 Å². The highest BCUT2D eigenvalue weighted by atomic mass is 16.3. The summed E-state index contributed by atoms with van der Waals surface area (Å²) in [5, 5.41) is 15.0. The molecule has 0 aliphatic heterocycles. The lowest BCUT2D eigenvalue weighted by Gasteiger charge is -2.16. The minimum Gasteiger partial charge on any atom is -0.391 e. The van der Waals surface area contributed by atoms with Gasteiger partial charge in [-0.15, -0.1) is 0 Å². The number of rotatable bonds is 5. The van der Waals surface area contributed by atoms with Gasteiger partial charge >= 0.3 is 0 Å². The van der Waals surface area contributed by atoms with Gasteiger partial charge in [0.1, 0.15) is 5.65 Å². The summed E-state index contributed by atoms with van der Waals surface area (Å²) in [6.07, 6.45) is 10.9. The summed E-state index contributed by atoms with van der Waals surface area (Å²) in [7, 11) is 0. The standard InChI is InChI=1S/C17H21N5O/c23-16-8-12(10-22-6-5-18-11-22)7-15(16)21-9-13-1-3-19-17-14(13)2-4-20-17/h1-6,11-12,15-16,21,23H,7-10H2,(H,19,20)/t12?,15-,16-/m1/s1. The van der Waals surface area contributed by atoms with Gasteiger partial charge in [0.15, 0.2) is 0 Å². The predicted octanol–water partition coefficient (Wildman–Crippen LogP) is 1.69. The fraction of sp³-hybridized carbons (Fsp3) is 0.412. The van der Waals surface area contributed by atoms with Crippen LogP contribution in [-0.4, -0.2) is 36.8 Å². The number of H-pyrrole nitrogens is 1. The van der Waals surface area contributed by atoms with Gasteiger partial charge in [-0.1, -0.05) is 0 Å². The van der Waals surface area contributed by atoms with Crippen LogP contribution in [0.1, 0.15) is 18.4 Å². The van der Waals surface area contributed by atoms with E-state index in [0.717, 1.165) is 37.0 Å². The zero-order valence-corrected chi connectivity index (χ0v) is 12.9. The van der Waals surface area contributed by atoms with Crippen molar-refractivity contribution in [3.63, 3.8) is 0 Å². The van der Waals surface area contributed by atoms with E-state index in [4.69, 9.17) is 0 Å². The van der Waals surface area contributed by atoms with Crippen LogP contribution < -0.4 is 5.32 Å². The van der Waals surface area contributed by atoms with E-state index in [9.17, 15) is 5.11 Å². The van der Waals surface area contributed by atoms with Crippen molar-refractivity contribution >= 4 is 11.0 Å². The third-order valence-corrected chi connectivity index (χ3v) is 4.76. The quantitative estimate of drug-likeness (QED) is 0.670. The molecule has 6 heteroatoms. The molecule has 1 aliphatic carbocycles. The zero-order chi connectivity index (χ0) is 15.6. The van der Waals surface area contributed by atoms with Crippen LogP contribution in [0.25, 0.3) is 11.0 Å². The normalized spacial score (nSPS) is 24.5. The highest BCUT2D eigenvalue weighted by Crippen LogP contribution is 2.28. The molecule has 1 fully saturated rings. The van der Waals surface area contributed by atoms with Crippen molar-refractivity contribution in [1.82, 2.24) is 24.8 Å². The number of hydrogen-bond donors (Lipinski definition) is 3. The van der Waals surface area contributed by atoms with Crippen molar-refractivity contribution in [3.8, 4) is 0 Å². The predicted molar refractivity (Wildman–Crippen MR) is 87.7 cm³/mol. The van der Waals surface area contributed by atoms with Crippen LogP contribution in [0.4, 0.5) is 0 Å². The van der Waals surface area contributed by atoms with Gasteiger partial charge in [0.2, 0.25) is 0 Å². The molecule has 3 aromatic rings. The Labute approximate surface area is 134 Å². The molecule has 1 aliphatic rings. The van der Waals surface area contributed by atoms with E-state index in [1.807, 2.05) is 37.1 Å². The molecule has 1 unspecified atom stereocenters. The molecule has 3 N–H and O–H groups in total. The number of aromatic nitrogens is 4. The maximum Gasteiger partial charge on any atom is 0.137 e. The fourth-order valence-corrected chi connectivity index (χ4v) is 3.59. The molecule has 23 heavy (non-hydrogen) atoms. The Balaban J connectivity index is 1.38. The van der Waals surface area contributed by atoms with Crippen LogP contribution in [-0.2, 0) is 13.1 Å². The molecule has 0 amide bonds. The van der Waals surface area contributed by atoms with Gasteiger partial charge in [-0.3, -0.25) is 0 Å². The first-order valence-corrected chi connectivity index (χ1v) is 8.08. The molecule has 1 saturated carbocycles. The van der Waals surface area contributed by atoms with Crippen LogP contribution in [0.2, 0.25) is 0 Å². The minimum atomic E-state index is -0.285. The van der Waals surface area contributed by atoms with Crippen LogP contribution in [0, 0.1) is 5.92 Å². The van der Waals surface area contributed by atoms with Crippen LogP contribution in [0.3, 0.4) is 0 Å². The maximum atomic E-state index is 10.3. The van der Waals surface area contributed by atoms with E-state index in [2.05, 4.69) is 24.8 Å². The van der Waals surface area contributed by atoms with Gasteiger partial charge in [-0.05, 0) is 36.5 Å². The van der Waals surface area contributed by atoms with E-state index >= 15 is 0 Å². The third kappa shape index (κ3) is 3.00. The molecule has 4 rings (SSSR count). The minimum absolute atomic E-state index is 0.144. The van der Waals surface area contributed by atoms with Crippen molar-refractivity contribution in [1.29, 1.82) is 0 Å². The highest BCUT2D eigenvalue weighted by Gasteiger charge is 2.32. The number of fused-ring (bicyclic) bond motifs is 1. The van der Waals surface area contributed by atoms with Crippen LogP contribution >= 0.6 is 0 Å². The Morgan fingerprint density at radius 2 is 2.26 bits per heavy atom. The summed E-state index contributed by atoms with van der Waals surface area (Å²) < 4.78 is 2.09. The van der Waals surface area contributed by atoms with Crippen LogP contribution in [0.5, 0.6) is 0 Å². The largest absolute Gasteiger partial charge is 0.391 e. The van der Waals surface area contributed by atoms with Gasteiger partial charge in [0.25, 0.3) is 0 Å². The van der Waals surface area contributed by atoms with E-state index in [0.29, 0.717) is 5.92 Å². The van der Waals surface area contributed by atoms with E-state index in [-0.39, 0.29) is 12.1 Å². The Kier molecular flexibility index (Phi) is 3.85. The first kappa shape index (κ1) is 14.4. The first-order chi connectivity index (χ1) is 11.3. The second kappa shape index (κ2) is 6.14. The van der Waals surface area contributed by atoms with E-state index in [1.165, 1.54) is 5.56 Å². The Hall–Kier alpha value is -2.18. The average Bonchev–Trinajstić information content (AvgIpc) is 3.27. The van der Waals surface area contributed by atoms with E-state index in [1.54, 1.807) is 6.20 Å². The fourth-order valence-electron chi connectivity index (χ4n) is 3.59. The molecule has 0 aromatic carbocycles. The highest BCUT2D eigenvalue weighted by molar-refractivity contribution is 5.79. The van der Waals surface area contributed by atoms with Crippen molar-refractivity contribution in [2.75, 3.05) is 0 Å². The molecule has 0 bridgehead atoms. The molecule has 3 aromatic heterocycles. The molecule has 0 radical (unpaired) electrons. The van der Waals surface area contributed by atoms with Gasteiger partial charge in [-0.25, -0.2) is 9.97 Å². The SMILES string of the molecule is O[C@@H]1CC(Cn2ccnc2)C[C@H]1NCc1ccnc2[nH]ccc12. The second-order valence-electron chi connectivity index (χ2n) is 6.36. The summed E-state index contributed by atoms with van der Waals surface area (Å²) >= 11 is 0. The number of aliphatic hydroxyl groups excluding tert-OH is 1. The summed E-state index contributed by atoms with van der Waals surface area (Å²) in [6.45, 7) is 1.67. The summed E-state index contributed by atoms with van der Waals surface area (Å²) in [5.74, 6) is 0.487. The van der Waals surface area contributed by atoms with Gasteiger partial charge < -0.3 is 20.0 Å². The Morgan fingerprint density at radius 1 is 1.30 bits per heavy atom. The second-order valence-corrected chi connectivity index (χ2v) is 6.36. The number of imidazole rings is 1. The van der Waals surface area contributed by atoms with Gasteiger partial charge in [0.05, 0.1) is 12.4 Å². The lowest BCUT2D eigenvalue weighted by atomic mass is 10.1. The molecule has 3 atom stereocenters. The molecular formula is C17H21N5O. The molecule has 3 heterocycles. The van der Waals surface area contributed by atoms with Gasteiger partial charge in [0, 0.05) is 49.3 Å². The molecule has 0 spiro atoms. The summed E-state index contributed by atoms with van der Waals surface area (Å²) in [6, 6.07) is 4.23. The lowest BCUT2D eigenvalue weighted by molar-refractivity contribution is 0.145. The molecule has 0 saturated heterocycles. The van der Waals surface area contributed by atoms with Gasteiger partial charge in [-0.2, -0.15) is 0 Å². The smallest absolute Gasteiger partial charge is 0.137 e. The molecule has 6 nitrogen and oxygen atoms in total. The number of nitrogens with zero attached hydrogens (tertiary/aromatic N) is 3. The summed E-state index contributed by atoms with van der Waals surface area (Å²) in [5.41, 5.74) is 2.12. The maximum absolute atomic E-state index is 10.3. The number of nitrogens with one attached hydrogen (secondary N) is 2. The van der Waals surface area contributed by atoms with Crippen molar-refractivity contribution in [2.24, 2.45) is 5.92 Å². The average molecular weight is 311 g/mol. The Bertz CT molecular complexity index is 766. The Morgan fingerprint density at radius 3 is 3.13 bits per heavy atom. The van der Waals surface area contributed by atoms with E-state index < -0.39 is 0 Å². The summed E-state index contributed by atoms with van der Waals surface area (Å²) in [4.78, 5) is 11.5. The monoisotopic (exact) mass is 311 g/mol. The molecule has 120 valence electrons. The topological polar surface area (TPSA) is 78.8 Å². The van der Waals surface area contributed by atoms with Crippen molar-refractivity contribution < 1.29 is 5.11 Å². The number of aromatic amines is 1. The lowest BCUT2D eigenvalue weighted by Crippen LogP contribution is -2.35. The number of aliphatic hydroxyl groups is 1. The third-order valence-electron chi connectivity index (χ3n) is 4.76. The van der Waals surface area contributed by atoms with Crippen molar-refractivity contribution in [2.45, 2.75) is 38.1 Å². The molecular weight excluding hydrogens is 290 g/mol. The number of hydrogen-bond acceptors (Lipinski definition) is 4. The first-order valence-electron chi connectivity index (χ1n) is 8.08. The van der Waals surface area contributed by atoms with Crippen LogP contribution in [0.15, 0.2) is 43.2 Å². The zero-order valence-electron chi connectivity index (χ0n) is 12.9. The number of pyridine rings is 1.